The summed E-state index contributed by atoms with van der Waals surface area (Å²) in [5, 5.41) is 6.36. The van der Waals surface area contributed by atoms with Crippen molar-refractivity contribution < 1.29 is 0 Å². The lowest BCUT2D eigenvalue weighted by Gasteiger charge is -2.03. The maximum Gasteiger partial charge on any atom is 0.262 e. The summed E-state index contributed by atoms with van der Waals surface area (Å²) in [5.74, 6) is 0.646. The van der Waals surface area contributed by atoms with Crippen molar-refractivity contribution in [3.05, 3.63) is 76.2 Å². The summed E-state index contributed by atoms with van der Waals surface area (Å²) in [6, 6.07) is 17.7. The Labute approximate surface area is 161 Å². The SMILES string of the molecule is O=c1[nH]c(SCc2nc3ccccc3s2)nc2c1cnn2-c1ccccc1. The number of thioether (sulfide) groups is 1. The third-order valence-electron chi connectivity index (χ3n) is 4.09. The molecule has 0 bridgehead atoms. The van der Waals surface area contributed by atoms with Crippen molar-refractivity contribution in [1.82, 2.24) is 24.7 Å². The van der Waals surface area contributed by atoms with E-state index in [1.54, 1.807) is 22.2 Å². The third-order valence-corrected chi connectivity index (χ3v) is 6.19. The van der Waals surface area contributed by atoms with Crippen molar-refractivity contribution in [2.45, 2.75) is 10.9 Å². The second-order valence-corrected chi connectivity index (χ2v) is 7.94. The predicted octanol–water partition coefficient (Wildman–Crippen LogP) is 4.01. The van der Waals surface area contributed by atoms with Crippen LogP contribution in [0.15, 0.2) is 70.7 Å². The Morgan fingerprint density at radius 2 is 1.85 bits per heavy atom. The summed E-state index contributed by atoms with van der Waals surface area (Å²) >= 11 is 3.12. The first-order chi connectivity index (χ1) is 13.3. The lowest BCUT2D eigenvalue weighted by molar-refractivity contribution is 0.873. The molecule has 0 aliphatic rings. The van der Waals surface area contributed by atoms with Crippen LogP contribution in [0.4, 0.5) is 0 Å². The molecule has 132 valence electrons. The Hall–Kier alpha value is -2.97. The van der Waals surface area contributed by atoms with E-state index in [-0.39, 0.29) is 5.56 Å². The van der Waals surface area contributed by atoms with Crippen LogP contribution < -0.4 is 5.56 Å². The average molecular weight is 391 g/mol. The van der Waals surface area contributed by atoms with Crippen LogP contribution in [0.5, 0.6) is 0 Å². The lowest BCUT2D eigenvalue weighted by Crippen LogP contribution is -2.09. The van der Waals surface area contributed by atoms with Crippen molar-refractivity contribution in [2.24, 2.45) is 0 Å². The molecule has 0 saturated heterocycles. The van der Waals surface area contributed by atoms with Crippen molar-refractivity contribution in [3.8, 4) is 5.69 Å². The normalized spacial score (nSPS) is 11.4. The van der Waals surface area contributed by atoms with Gasteiger partial charge in [0.1, 0.15) is 10.4 Å². The first kappa shape index (κ1) is 16.2. The Kier molecular flexibility index (Phi) is 3.99. The first-order valence-electron chi connectivity index (χ1n) is 8.29. The minimum atomic E-state index is -0.186. The van der Waals surface area contributed by atoms with E-state index < -0.39 is 0 Å². The van der Waals surface area contributed by atoms with Crippen LogP contribution in [0.25, 0.3) is 26.9 Å². The van der Waals surface area contributed by atoms with Gasteiger partial charge in [0, 0.05) is 0 Å². The Morgan fingerprint density at radius 1 is 1.04 bits per heavy atom. The summed E-state index contributed by atoms with van der Waals surface area (Å²) in [7, 11) is 0. The predicted molar refractivity (Wildman–Crippen MR) is 109 cm³/mol. The molecule has 6 nitrogen and oxygen atoms in total. The van der Waals surface area contributed by atoms with Crippen LogP contribution in [0.3, 0.4) is 0 Å². The van der Waals surface area contributed by atoms with Gasteiger partial charge < -0.3 is 4.98 Å². The molecule has 2 aromatic carbocycles. The average Bonchev–Trinajstić information content (AvgIpc) is 3.31. The molecule has 0 amide bonds. The molecule has 27 heavy (non-hydrogen) atoms. The van der Waals surface area contributed by atoms with Crippen LogP contribution in [-0.4, -0.2) is 24.7 Å². The molecule has 5 rings (SSSR count). The number of hydrogen-bond acceptors (Lipinski definition) is 6. The smallest absolute Gasteiger partial charge is 0.262 e. The van der Waals surface area contributed by atoms with E-state index in [2.05, 4.69) is 26.1 Å². The van der Waals surface area contributed by atoms with E-state index in [1.165, 1.54) is 11.8 Å². The molecule has 0 aliphatic carbocycles. The van der Waals surface area contributed by atoms with Crippen molar-refractivity contribution in [1.29, 1.82) is 0 Å². The number of benzene rings is 2. The molecule has 3 heterocycles. The fourth-order valence-electron chi connectivity index (χ4n) is 2.84. The number of para-hydroxylation sites is 2. The molecule has 1 N–H and O–H groups in total. The van der Waals surface area contributed by atoms with Crippen molar-refractivity contribution in [3.63, 3.8) is 0 Å². The number of hydrogen-bond donors (Lipinski definition) is 1. The van der Waals surface area contributed by atoms with Gasteiger partial charge in [-0.3, -0.25) is 4.79 Å². The van der Waals surface area contributed by atoms with Crippen LogP contribution in [0, 0.1) is 0 Å². The molecule has 0 spiro atoms. The largest absolute Gasteiger partial charge is 0.301 e. The van der Waals surface area contributed by atoms with Crippen molar-refractivity contribution in [2.75, 3.05) is 0 Å². The lowest BCUT2D eigenvalue weighted by atomic mass is 10.3. The maximum atomic E-state index is 12.4. The number of fused-ring (bicyclic) bond motifs is 2. The van der Waals surface area contributed by atoms with E-state index in [1.807, 2.05) is 48.5 Å². The Balaban J connectivity index is 1.49. The molecule has 8 heteroatoms. The van der Waals surface area contributed by atoms with Gasteiger partial charge >= 0.3 is 0 Å². The highest BCUT2D eigenvalue weighted by Gasteiger charge is 2.12. The van der Waals surface area contributed by atoms with Gasteiger partial charge in [0.05, 0.1) is 27.9 Å². The van der Waals surface area contributed by atoms with E-state index in [4.69, 9.17) is 0 Å². The van der Waals surface area contributed by atoms with E-state index in [0.29, 0.717) is 21.9 Å². The quantitative estimate of drug-likeness (QED) is 0.370. The summed E-state index contributed by atoms with van der Waals surface area (Å²) in [4.78, 5) is 24.5. The molecular formula is C19H13N5OS2. The monoisotopic (exact) mass is 391 g/mol. The summed E-state index contributed by atoms with van der Waals surface area (Å²) in [5.41, 5.74) is 2.23. The minimum absolute atomic E-state index is 0.186. The highest BCUT2D eigenvalue weighted by Crippen LogP contribution is 2.27. The van der Waals surface area contributed by atoms with E-state index in [0.717, 1.165) is 20.9 Å². The van der Waals surface area contributed by atoms with Crippen LogP contribution >= 0.6 is 23.1 Å². The minimum Gasteiger partial charge on any atom is -0.301 e. The van der Waals surface area contributed by atoms with Gasteiger partial charge in [-0.15, -0.1) is 11.3 Å². The van der Waals surface area contributed by atoms with E-state index in [9.17, 15) is 4.79 Å². The number of nitrogens with one attached hydrogen (secondary N) is 1. The number of H-pyrrole nitrogens is 1. The van der Waals surface area contributed by atoms with Crippen LogP contribution in [-0.2, 0) is 5.75 Å². The van der Waals surface area contributed by atoms with Gasteiger partial charge in [-0.1, -0.05) is 42.1 Å². The topological polar surface area (TPSA) is 76.5 Å². The highest BCUT2D eigenvalue weighted by molar-refractivity contribution is 7.98. The van der Waals surface area contributed by atoms with Gasteiger partial charge in [-0.05, 0) is 24.3 Å². The molecule has 0 unspecified atom stereocenters. The van der Waals surface area contributed by atoms with Crippen LogP contribution in [0.2, 0.25) is 0 Å². The highest BCUT2D eigenvalue weighted by atomic mass is 32.2. The van der Waals surface area contributed by atoms with Gasteiger partial charge in [-0.2, -0.15) is 5.10 Å². The molecular weight excluding hydrogens is 378 g/mol. The fraction of sp³-hybridized carbons (Fsp3) is 0.0526. The molecule has 0 atom stereocenters. The molecule has 0 fully saturated rings. The third kappa shape index (κ3) is 3.02. The number of thiazole rings is 1. The number of aromatic nitrogens is 5. The molecule has 0 saturated carbocycles. The molecule has 3 aromatic heterocycles. The molecule has 5 aromatic rings. The molecule has 0 aliphatic heterocycles. The van der Waals surface area contributed by atoms with Gasteiger partial charge in [0.2, 0.25) is 0 Å². The first-order valence-corrected chi connectivity index (χ1v) is 10.1. The second-order valence-electron chi connectivity index (χ2n) is 5.86. The zero-order valence-corrected chi connectivity index (χ0v) is 15.6. The summed E-state index contributed by atoms with van der Waals surface area (Å²) in [6.45, 7) is 0. The number of nitrogens with zero attached hydrogens (tertiary/aromatic N) is 4. The van der Waals surface area contributed by atoms with Gasteiger partial charge in [-0.25, -0.2) is 14.6 Å². The van der Waals surface area contributed by atoms with Crippen LogP contribution in [0.1, 0.15) is 5.01 Å². The summed E-state index contributed by atoms with van der Waals surface area (Å²) < 4.78 is 2.85. The van der Waals surface area contributed by atoms with Gasteiger partial charge in [0.25, 0.3) is 5.56 Å². The zero-order valence-electron chi connectivity index (χ0n) is 14.0. The number of rotatable bonds is 4. The second kappa shape index (κ2) is 6.64. The maximum absolute atomic E-state index is 12.4. The molecule has 0 radical (unpaired) electrons. The van der Waals surface area contributed by atoms with Crippen molar-refractivity contribution >= 4 is 44.3 Å². The zero-order chi connectivity index (χ0) is 18.2. The Bertz CT molecular complexity index is 1270. The summed E-state index contributed by atoms with van der Waals surface area (Å²) in [6.07, 6.45) is 1.55. The van der Waals surface area contributed by atoms with E-state index >= 15 is 0 Å². The standard InChI is InChI=1S/C19H13N5OS2/c25-18-13-10-20-24(12-6-2-1-3-7-12)17(13)22-19(23-18)26-11-16-21-14-8-4-5-9-15(14)27-16/h1-10H,11H2,(H,22,23,25). The fourth-order valence-corrected chi connectivity index (χ4v) is 4.65. The number of aromatic amines is 1. The van der Waals surface area contributed by atoms with Gasteiger partial charge in [0.15, 0.2) is 10.8 Å². The Morgan fingerprint density at radius 3 is 2.70 bits per heavy atom.